The maximum absolute atomic E-state index is 12.3. The second-order valence-electron chi connectivity index (χ2n) is 7.50. The molecular weight excluding hydrogens is 348 g/mol. The van der Waals surface area contributed by atoms with Gasteiger partial charge >= 0.3 is 6.09 Å². The molecule has 3 rings (SSSR count). The molecule has 6 nitrogen and oxygen atoms in total. The van der Waals surface area contributed by atoms with E-state index >= 15 is 0 Å². The normalized spacial score (nSPS) is 15.7. The molecule has 1 aliphatic heterocycles. The van der Waals surface area contributed by atoms with Crippen LogP contribution >= 0.6 is 11.5 Å². The monoisotopic (exact) mass is 374 g/mol. The number of ether oxygens (including phenoxy) is 1. The van der Waals surface area contributed by atoms with Crippen LogP contribution in [-0.4, -0.2) is 52.1 Å². The lowest BCUT2D eigenvalue weighted by Gasteiger charge is -2.27. The largest absolute Gasteiger partial charge is 0.444 e. The predicted molar refractivity (Wildman–Crippen MR) is 105 cm³/mol. The Labute approximate surface area is 159 Å². The number of hydrogen-bond donors (Lipinski definition) is 0. The van der Waals surface area contributed by atoms with Crippen molar-refractivity contribution < 1.29 is 9.53 Å². The second-order valence-corrected chi connectivity index (χ2v) is 8.25. The second kappa shape index (κ2) is 7.61. The summed E-state index contributed by atoms with van der Waals surface area (Å²) in [6.45, 7) is 10.7. The van der Waals surface area contributed by atoms with Gasteiger partial charge in [0.1, 0.15) is 16.4 Å². The van der Waals surface area contributed by atoms with Gasteiger partial charge in [0.05, 0.1) is 0 Å². The van der Waals surface area contributed by atoms with Gasteiger partial charge in [0, 0.05) is 37.4 Å². The number of rotatable bonds is 2. The molecule has 0 radical (unpaired) electrons. The fraction of sp³-hybridized carbons (Fsp3) is 0.526. The van der Waals surface area contributed by atoms with Gasteiger partial charge in [-0.05, 0) is 69.9 Å². The number of aromatic nitrogens is 2. The summed E-state index contributed by atoms with van der Waals surface area (Å²) in [5.41, 5.74) is 1.80. The number of hydrogen-bond acceptors (Lipinski definition) is 6. The van der Waals surface area contributed by atoms with E-state index in [1.54, 1.807) is 0 Å². The highest BCUT2D eigenvalue weighted by Crippen LogP contribution is 2.25. The molecule has 1 saturated heterocycles. The maximum atomic E-state index is 12.3. The minimum atomic E-state index is -0.456. The molecule has 1 aliphatic rings. The minimum Gasteiger partial charge on any atom is -0.444 e. The zero-order valence-electron chi connectivity index (χ0n) is 15.9. The lowest BCUT2D eigenvalue weighted by atomic mass is 10.2. The van der Waals surface area contributed by atoms with Gasteiger partial charge in [0.2, 0.25) is 0 Å². The number of carbonyl (C=O) groups is 1. The Hall–Kier alpha value is -2.15. The molecule has 1 aromatic heterocycles. The highest BCUT2D eigenvalue weighted by Gasteiger charge is 2.24. The first-order chi connectivity index (χ1) is 12.3. The molecule has 0 N–H and O–H groups in total. The Balaban J connectivity index is 1.63. The summed E-state index contributed by atoms with van der Waals surface area (Å²) in [5.74, 6) is 0.809. The smallest absolute Gasteiger partial charge is 0.410 e. The number of anilines is 1. The van der Waals surface area contributed by atoms with Crippen LogP contribution in [0.4, 0.5) is 10.5 Å². The molecule has 0 bridgehead atoms. The van der Waals surface area contributed by atoms with Crippen molar-refractivity contribution in [2.75, 3.05) is 31.1 Å². The van der Waals surface area contributed by atoms with E-state index in [0.717, 1.165) is 42.5 Å². The van der Waals surface area contributed by atoms with Crippen LogP contribution in [0.1, 0.15) is 33.0 Å². The lowest BCUT2D eigenvalue weighted by molar-refractivity contribution is 0.0263. The van der Waals surface area contributed by atoms with E-state index < -0.39 is 5.60 Å². The van der Waals surface area contributed by atoms with Crippen molar-refractivity contribution in [3.05, 3.63) is 30.1 Å². The highest BCUT2D eigenvalue weighted by atomic mass is 32.1. The van der Waals surface area contributed by atoms with Crippen molar-refractivity contribution in [1.29, 1.82) is 0 Å². The topological polar surface area (TPSA) is 58.6 Å². The fourth-order valence-corrected chi connectivity index (χ4v) is 3.59. The van der Waals surface area contributed by atoms with Gasteiger partial charge in [-0.3, -0.25) is 0 Å². The predicted octanol–water partition coefficient (Wildman–Crippen LogP) is 3.96. The van der Waals surface area contributed by atoms with Crippen LogP contribution in [0.15, 0.2) is 24.3 Å². The van der Waals surface area contributed by atoms with Gasteiger partial charge in [-0.1, -0.05) is 0 Å². The molecule has 2 heterocycles. The zero-order valence-corrected chi connectivity index (χ0v) is 16.7. The summed E-state index contributed by atoms with van der Waals surface area (Å²) in [4.78, 5) is 20.8. The molecule has 7 heteroatoms. The summed E-state index contributed by atoms with van der Waals surface area (Å²) in [5, 5.41) is 0.945. The van der Waals surface area contributed by atoms with E-state index in [0.29, 0.717) is 6.54 Å². The SMILES string of the molecule is Cc1nsc(-c2ccc(N3CCCN(C(=O)OC(C)(C)C)CC3)cc2)n1. The first kappa shape index (κ1) is 18.6. The lowest BCUT2D eigenvalue weighted by Crippen LogP contribution is -2.39. The third kappa shape index (κ3) is 4.72. The summed E-state index contributed by atoms with van der Waals surface area (Å²) < 4.78 is 9.74. The average Bonchev–Trinajstić information content (AvgIpc) is 2.86. The third-order valence-electron chi connectivity index (χ3n) is 4.15. The average molecular weight is 375 g/mol. The summed E-state index contributed by atoms with van der Waals surface area (Å²) in [6.07, 6.45) is 0.706. The molecule has 0 aliphatic carbocycles. The van der Waals surface area contributed by atoms with Crippen molar-refractivity contribution in [2.24, 2.45) is 0 Å². The van der Waals surface area contributed by atoms with E-state index in [2.05, 4.69) is 38.5 Å². The molecule has 1 amide bonds. The molecule has 0 unspecified atom stereocenters. The molecule has 0 spiro atoms. The van der Waals surface area contributed by atoms with Gasteiger partial charge in [0.15, 0.2) is 0 Å². The highest BCUT2D eigenvalue weighted by molar-refractivity contribution is 7.09. The zero-order chi connectivity index (χ0) is 18.7. The summed E-state index contributed by atoms with van der Waals surface area (Å²) in [6, 6.07) is 8.42. The maximum Gasteiger partial charge on any atom is 0.410 e. The number of nitrogens with zero attached hydrogens (tertiary/aromatic N) is 4. The standard InChI is InChI=1S/C19H26N4O2S/c1-14-20-17(26-21-14)15-6-8-16(9-7-15)22-10-5-11-23(13-12-22)18(24)25-19(2,3)4/h6-9H,5,10-13H2,1-4H3. The Morgan fingerprint density at radius 1 is 1.12 bits per heavy atom. The third-order valence-corrected chi connectivity index (χ3v) is 5.01. The molecule has 0 saturated carbocycles. The molecule has 2 aromatic rings. The molecule has 140 valence electrons. The van der Waals surface area contributed by atoms with Crippen LogP contribution in [0.3, 0.4) is 0 Å². The quantitative estimate of drug-likeness (QED) is 0.796. The van der Waals surface area contributed by atoms with E-state index in [1.165, 1.54) is 17.2 Å². The molecule has 0 atom stereocenters. The van der Waals surface area contributed by atoms with Crippen molar-refractivity contribution in [1.82, 2.24) is 14.3 Å². The van der Waals surface area contributed by atoms with Crippen molar-refractivity contribution in [2.45, 2.75) is 39.7 Å². The van der Waals surface area contributed by atoms with Crippen molar-refractivity contribution in [3.63, 3.8) is 0 Å². The molecule has 26 heavy (non-hydrogen) atoms. The van der Waals surface area contributed by atoms with Crippen molar-refractivity contribution in [3.8, 4) is 10.6 Å². The van der Waals surface area contributed by atoms with Gasteiger partial charge in [0.25, 0.3) is 0 Å². The Morgan fingerprint density at radius 2 is 1.85 bits per heavy atom. The number of amides is 1. The first-order valence-electron chi connectivity index (χ1n) is 8.95. The Kier molecular flexibility index (Phi) is 5.46. The summed E-state index contributed by atoms with van der Waals surface area (Å²) >= 11 is 1.42. The molecular formula is C19H26N4O2S. The number of benzene rings is 1. The van der Waals surface area contributed by atoms with Crippen LogP contribution in [0, 0.1) is 6.92 Å². The van der Waals surface area contributed by atoms with Gasteiger partial charge in [-0.2, -0.15) is 4.37 Å². The number of carbonyl (C=O) groups excluding carboxylic acids is 1. The van der Waals surface area contributed by atoms with E-state index in [4.69, 9.17) is 4.74 Å². The fourth-order valence-electron chi connectivity index (χ4n) is 2.91. The van der Waals surface area contributed by atoms with E-state index in [1.807, 2.05) is 32.6 Å². The van der Waals surface area contributed by atoms with Gasteiger partial charge in [-0.25, -0.2) is 9.78 Å². The summed E-state index contributed by atoms with van der Waals surface area (Å²) in [7, 11) is 0. The van der Waals surface area contributed by atoms with Crippen LogP contribution in [0.5, 0.6) is 0 Å². The Morgan fingerprint density at radius 3 is 2.46 bits per heavy atom. The molecule has 1 fully saturated rings. The van der Waals surface area contributed by atoms with Crippen LogP contribution in [0.25, 0.3) is 10.6 Å². The van der Waals surface area contributed by atoms with Crippen LogP contribution in [0.2, 0.25) is 0 Å². The van der Waals surface area contributed by atoms with Crippen molar-refractivity contribution >= 4 is 23.3 Å². The Bertz CT molecular complexity index is 752. The van der Waals surface area contributed by atoms with Crippen LogP contribution < -0.4 is 4.90 Å². The van der Waals surface area contributed by atoms with Crippen LogP contribution in [-0.2, 0) is 4.74 Å². The minimum absolute atomic E-state index is 0.221. The van der Waals surface area contributed by atoms with E-state index in [-0.39, 0.29) is 6.09 Å². The molecule has 1 aromatic carbocycles. The number of aryl methyl sites for hydroxylation is 1. The first-order valence-corrected chi connectivity index (χ1v) is 9.73. The van der Waals surface area contributed by atoms with Gasteiger partial charge < -0.3 is 14.5 Å². The van der Waals surface area contributed by atoms with Gasteiger partial charge in [-0.15, -0.1) is 0 Å². The van der Waals surface area contributed by atoms with E-state index in [9.17, 15) is 4.79 Å².